The first kappa shape index (κ1) is 13.1. The van der Waals surface area contributed by atoms with Crippen LogP contribution in [-0.2, 0) is 0 Å². The molecular weight excluding hydrogens is 298 g/mol. The van der Waals surface area contributed by atoms with Crippen molar-refractivity contribution in [2.75, 3.05) is 0 Å². The van der Waals surface area contributed by atoms with Crippen LogP contribution in [0.3, 0.4) is 0 Å². The summed E-state index contributed by atoms with van der Waals surface area (Å²) in [6.45, 7) is 2.00. The summed E-state index contributed by atoms with van der Waals surface area (Å²) in [6, 6.07) is 13.3. The number of aryl methyl sites for hydroxylation is 1. The second-order valence-corrected chi connectivity index (χ2v) is 5.72. The minimum atomic E-state index is -0.185. The van der Waals surface area contributed by atoms with Gasteiger partial charge in [-0.15, -0.1) is 0 Å². The molecule has 0 aliphatic carbocycles. The zero-order chi connectivity index (χ0) is 15.3. The van der Waals surface area contributed by atoms with E-state index in [4.69, 9.17) is 11.6 Å². The van der Waals surface area contributed by atoms with E-state index >= 15 is 0 Å². The molecule has 4 nitrogen and oxygen atoms in total. The molecule has 22 heavy (non-hydrogen) atoms. The second-order valence-electron chi connectivity index (χ2n) is 5.29. The summed E-state index contributed by atoms with van der Waals surface area (Å²) < 4.78 is 1.67. The maximum atomic E-state index is 12.4. The fourth-order valence-electron chi connectivity index (χ4n) is 2.77. The third-order valence-corrected chi connectivity index (χ3v) is 3.96. The van der Waals surface area contributed by atoms with Crippen molar-refractivity contribution >= 4 is 33.5 Å². The van der Waals surface area contributed by atoms with Crippen molar-refractivity contribution in [3.8, 4) is 5.69 Å². The van der Waals surface area contributed by atoms with Gasteiger partial charge in [0.15, 0.2) is 0 Å². The number of aromatic nitrogens is 3. The van der Waals surface area contributed by atoms with Gasteiger partial charge in [0.05, 0.1) is 28.4 Å². The van der Waals surface area contributed by atoms with Crippen LogP contribution in [0.1, 0.15) is 5.56 Å². The molecule has 0 saturated carbocycles. The molecular formula is C17H12ClN3O. The molecule has 2 aromatic carbocycles. The number of pyridine rings is 1. The van der Waals surface area contributed by atoms with Crippen LogP contribution in [0.4, 0.5) is 0 Å². The van der Waals surface area contributed by atoms with Gasteiger partial charge in [-0.1, -0.05) is 23.7 Å². The van der Waals surface area contributed by atoms with Gasteiger partial charge in [0.25, 0.3) is 0 Å². The van der Waals surface area contributed by atoms with Gasteiger partial charge in [0.1, 0.15) is 0 Å². The van der Waals surface area contributed by atoms with E-state index < -0.39 is 0 Å². The van der Waals surface area contributed by atoms with E-state index in [-0.39, 0.29) is 5.69 Å². The van der Waals surface area contributed by atoms with E-state index in [1.165, 1.54) is 0 Å². The number of nitrogens with one attached hydrogen (secondary N) is 1. The molecule has 0 radical (unpaired) electrons. The zero-order valence-electron chi connectivity index (χ0n) is 11.8. The average Bonchev–Trinajstić information content (AvgIpc) is 2.83. The highest BCUT2D eigenvalue weighted by Gasteiger charge is 2.13. The van der Waals surface area contributed by atoms with Crippen molar-refractivity contribution in [1.82, 2.24) is 14.5 Å². The van der Waals surface area contributed by atoms with Crippen LogP contribution in [0.15, 0.2) is 53.5 Å². The standard InChI is InChI=1S/C17H12ClN3O/c1-10-3-2-4-12(7-10)21-16-13-8-11(18)5-6-14(13)19-9-15(16)20-17(21)22/h2-9H,1H3,(H,20,22). The minimum Gasteiger partial charge on any atom is -0.304 e. The number of hydrogen-bond acceptors (Lipinski definition) is 2. The zero-order valence-corrected chi connectivity index (χ0v) is 12.6. The van der Waals surface area contributed by atoms with Crippen molar-refractivity contribution < 1.29 is 0 Å². The molecule has 5 heteroatoms. The number of imidazole rings is 1. The third kappa shape index (κ3) is 1.92. The van der Waals surface area contributed by atoms with E-state index in [2.05, 4.69) is 9.97 Å². The third-order valence-electron chi connectivity index (χ3n) is 3.73. The Labute approximate surface area is 131 Å². The quantitative estimate of drug-likeness (QED) is 0.581. The summed E-state index contributed by atoms with van der Waals surface area (Å²) >= 11 is 6.12. The summed E-state index contributed by atoms with van der Waals surface area (Å²) in [7, 11) is 0. The highest BCUT2D eigenvalue weighted by molar-refractivity contribution is 6.31. The van der Waals surface area contributed by atoms with Crippen LogP contribution in [0.25, 0.3) is 27.6 Å². The molecule has 4 rings (SSSR count). The average molecular weight is 310 g/mol. The Balaban J connectivity index is 2.20. The van der Waals surface area contributed by atoms with Crippen molar-refractivity contribution in [3.63, 3.8) is 0 Å². The first-order chi connectivity index (χ1) is 10.6. The molecule has 0 bridgehead atoms. The molecule has 0 unspecified atom stereocenters. The van der Waals surface area contributed by atoms with Crippen LogP contribution in [0.2, 0.25) is 5.02 Å². The molecule has 0 fully saturated rings. The van der Waals surface area contributed by atoms with Crippen LogP contribution in [0.5, 0.6) is 0 Å². The van der Waals surface area contributed by atoms with Crippen molar-refractivity contribution in [2.24, 2.45) is 0 Å². The first-order valence-electron chi connectivity index (χ1n) is 6.89. The SMILES string of the molecule is Cc1cccc(-n2c(=O)[nH]c3cnc4ccc(Cl)cc4c32)c1. The van der Waals surface area contributed by atoms with E-state index in [0.717, 1.165) is 27.7 Å². The minimum absolute atomic E-state index is 0.185. The Bertz CT molecular complexity index is 1080. The van der Waals surface area contributed by atoms with E-state index in [1.807, 2.05) is 43.3 Å². The van der Waals surface area contributed by atoms with E-state index in [1.54, 1.807) is 16.8 Å². The van der Waals surface area contributed by atoms with Crippen LogP contribution >= 0.6 is 11.6 Å². The van der Waals surface area contributed by atoms with Gasteiger partial charge in [0.2, 0.25) is 0 Å². The summed E-state index contributed by atoms with van der Waals surface area (Å²) in [6.07, 6.45) is 1.68. The molecule has 108 valence electrons. The van der Waals surface area contributed by atoms with Crippen LogP contribution < -0.4 is 5.69 Å². The lowest BCUT2D eigenvalue weighted by molar-refractivity contribution is 1.02. The number of hydrogen-bond donors (Lipinski definition) is 1. The normalized spacial score (nSPS) is 11.4. The monoisotopic (exact) mass is 309 g/mol. The molecule has 0 spiro atoms. The predicted molar refractivity (Wildman–Crippen MR) is 88.9 cm³/mol. The maximum Gasteiger partial charge on any atom is 0.331 e. The number of halogens is 1. The molecule has 0 aliphatic rings. The summed E-state index contributed by atoms with van der Waals surface area (Å²) in [5.41, 5.74) is 4.02. The van der Waals surface area contributed by atoms with Crippen LogP contribution in [0, 0.1) is 6.92 Å². The fraction of sp³-hybridized carbons (Fsp3) is 0.0588. The largest absolute Gasteiger partial charge is 0.331 e. The molecule has 0 atom stereocenters. The van der Waals surface area contributed by atoms with Gasteiger partial charge < -0.3 is 4.98 Å². The fourth-order valence-corrected chi connectivity index (χ4v) is 2.94. The lowest BCUT2D eigenvalue weighted by atomic mass is 10.1. The van der Waals surface area contributed by atoms with Gasteiger partial charge in [-0.3, -0.25) is 9.55 Å². The highest BCUT2D eigenvalue weighted by Crippen LogP contribution is 2.26. The Kier molecular flexibility index (Phi) is 2.81. The summed E-state index contributed by atoms with van der Waals surface area (Å²) in [4.78, 5) is 19.7. The molecule has 0 aliphatic heterocycles. The van der Waals surface area contributed by atoms with Gasteiger partial charge in [-0.25, -0.2) is 4.79 Å². The predicted octanol–water partition coefficient (Wildman–Crippen LogP) is 3.83. The lowest BCUT2D eigenvalue weighted by Crippen LogP contribution is -2.14. The van der Waals surface area contributed by atoms with Crippen molar-refractivity contribution in [2.45, 2.75) is 6.92 Å². The van der Waals surface area contributed by atoms with Crippen LogP contribution in [-0.4, -0.2) is 14.5 Å². The van der Waals surface area contributed by atoms with Gasteiger partial charge in [0, 0.05) is 10.4 Å². The van der Waals surface area contributed by atoms with E-state index in [9.17, 15) is 4.79 Å². The molecule has 0 saturated heterocycles. The smallest absolute Gasteiger partial charge is 0.304 e. The lowest BCUT2D eigenvalue weighted by Gasteiger charge is -2.07. The second kappa shape index (κ2) is 4.71. The van der Waals surface area contributed by atoms with Crippen molar-refractivity contribution in [3.05, 3.63) is 69.7 Å². The number of benzene rings is 2. The highest BCUT2D eigenvalue weighted by atomic mass is 35.5. The number of aromatic amines is 1. The molecule has 2 heterocycles. The van der Waals surface area contributed by atoms with E-state index in [0.29, 0.717) is 10.5 Å². The Morgan fingerprint density at radius 3 is 2.86 bits per heavy atom. The topological polar surface area (TPSA) is 50.7 Å². The molecule has 2 aromatic heterocycles. The van der Waals surface area contributed by atoms with Crippen molar-refractivity contribution in [1.29, 1.82) is 0 Å². The Hall–Kier alpha value is -2.59. The maximum absolute atomic E-state index is 12.4. The van der Waals surface area contributed by atoms with Gasteiger partial charge >= 0.3 is 5.69 Å². The number of fused-ring (bicyclic) bond motifs is 3. The molecule has 1 N–H and O–H groups in total. The summed E-state index contributed by atoms with van der Waals surface area (Å²) in [5, 5.41) is 1.47. The molecule has 0 amide bonds. The Morgan fingerprint density at radius 1 is 1.18 bits per heavy atom. The van der Waals surface area contributed by atoms with Gasteiger partial charge in [-0.2, -0.15) is 0 Å². The van der Waals surface area contributed by atoms with Gasteiger partial charge in [-0.05, 0) is 42.8 Å². The Morgan fingerprint density at radius 2 is 2.05 bits per heavy atom. The number of nitrogens with zero attached hydrogens (tertiary/aromatic N) is 2. The number of rotatable bonds is 1. The summed E-state index contributed by atoms with van der Waals surface area (Å²) in [5.74, 6) is 0. The number of H-pyrrole nitrogens is 1. The first-order valence-corrected chi connectivity index (χ1v) is 7.27. The molecule has 4 aromatic rings.